The van der Waals surface area contributed by atoms with Crippen molar-refractivity contribution in [1.82, 2.24) is 0 Å². The molecule has 0 aliphatic carbocycles. The summed E-state index contributed by atoms with van der Waals surface area (Å²) < 4.78 is 0. The molecule has 0 aliphatic rings. The van der Waals surface area contributed by atoms with Crippen LogP contribution in [0.1, 0.15) is 18.1 Å². The average molecular weight is 205 g/mol. The predicted octanol–water partition coefficient (Wildman–Crippen LogP) is 3.14. The number of hydrogen-bond acceptors (Lipinski definition) is 1. The third-order valence-corrected chi connectivity index (χ3v) is 2.18. The molecule has 0 spiro atoms. The van der Waals surface area contributed by atoms with Crippen LogP contribution in [0.25, 0.3) is 6.08 Å². The molecule has 3 nitrogen and oxygen atoms in total. The van der Waals surface area contributed by atoms with Gasteiger partial charge in [0.2, 0.25) is 0 Å². The molecule has 0 unspecified atom stereocenters. The number of carboxylic acid groups (broad SMARTS) is 1. The van der Waals surface area contributed by atoms with Gasteiger partial charge in [0.25, 0.3) is 0 Å². The normalized spacial score (nSPS) is 10.6. The van der Waals surface area contributed by atoms with Crippen LogP contribution >= 0.6 is 0 Å². The van der Waals surface area contributed by atoms with E-state index in [4.69, 9.17) is 5.11 Å². The van der Waals surface area contributed by atoms with Crippen LogP contribution in [-0.2, 0) is 0 Å². The summed E-state index contributed by atoms with van der Waals surface area (Å²) in [5, 5.41) is 8.90. The Kier molecular flexibility index (Phi) is 3.50. The lowest BCUT2D eigenvalue weighted by molar-refractivity contribution is 0.203. The summed E-state index contributed by atoms with van der Waals surface area (Å²) in [6.45, 7) is 3.89. The van der Waals surface area contributed by atoms with Crippen LogP contribution in [0.4, 0.5) is 10.5 Å². The molecule has 1 N–H and O–H groups in total. The minimum absolute atomic E-state index is 0.700. The van der Waals surface area contributed by atoms with Crippen LogP contribution in [0.2, 0.25) is 0 Å². The van der Waals surface area contributed by atoms with Crippen molar-refractivity contribution in [3.05, 3.63) is 35.4 Å². The lowest BCUT2D eigenvalue weighted by atomic mass is 10.1. The molecular weight excluding hydrogens is 190 g/mol. The van der Waals surface area contributed by atoms with Gasteiger partial charge in [-0.05, 0) is 31.5 Å². The molecule has 0 bridgehead atoms. The highest BCUT2D eigenvalue weighted by molar-refractivity contribution is 5.88. The fourth-order valence-electron chi connectivity index (χ4n) is 1.40. The zero-order valence-corrected chi connectivity index (χ0v) is 9.19. The number of aryl methyl sites for hydroxylation is 1. The molecule has 15 heavy (non-hydrogen) atoms. The fraction of sp³-hybridized carbons (Fsp3) is 0.250. The third-order valence-electron chi connectivity index (χ3n) is 2.18. The van der Waals surface area contributed by atoms with Crippen molar-refractivity contribution in [1.29, 1.82) is 0 Å². The van der Waals surface area contributed by atoms with Crippen LogP contribution in [0.15, 0.2) is 24.3 Å². The maximum absolute atomic E-state index is 10.8. The van der Waals surface area contributed by atoms with E-state index in [1.54, 1.807) is 7.05 Å². The van der Waals surface area contributed by atoms with Crippen molar-refractivity contribution in [2.75, 3.05) is 11.9 Å². The first-order valence-electron chi connectivity index (χ1n) is 4.76. The summed E-state index contributed by atoms with van der Waals surface area (Å²) in [4.78, 5) is 12.1. The van der Waals surface area contributed by atoms with Gasteiger partial charge in [0.15, 0.2) is 0 Å². The summed E-state index contributed by atoms with van der Waals surface area (Å²) in [6.07, 6.45) is 2.85. The number of rotatable bonds is 2. The first kappa shape index (κ1) is 11.3. The van der Waals surface area contributed by atoms with Gasteiger partial charge in [-0.1, -0.05) is 23.8 Å². The molecule has 1 amide bonds. The second-order valence-corrected chi connectivity index (χ2v) is 3.40. The van der Waals surface area contributed by atoms with Gasteiger partial charge in [-0.25, -0.2) is 4.79 Å². The summed E-state index contributed by atoms with van der Waals surface area (Å²) in [5.41, 5.74) is 2.74. The zero-order chi connectivity index (χ0) is 11.4. The van der Waals surface area contributed by atoms with Crippen molar-refractivity contribution in [3.63, 3.8) is 0 Å². The molecule has 80 valence electrons. The second-order valence-electron chi connectivity index (χ2n) is 3.40. The van der Waals surface area contributed by atoms with Crippen LogP contribution in [0.5, 0.6) is 0 Å². The molecule has 0 saturated carbocycles. The Morgan fingerprint density at radius 2 is 2.13 bits per heavy atom. The van der Waals surface area contributed by atoms with E-state index >= 15 is 0 Å². The Morgan fingerprint density at radius 1 is 1.47 bits per heavy atom. The Bertz CT molecular complexity index is 397. The first-order valence-corrected chi connectivity index (χ1v) is 4.76. The van der Waals surface area contributed by atoms with Crippen LogP contribution in [0, 0.1) is 6.92 Å². The van der Waals surface area contributed by atoms with Crippen molar-refractivity contribution in [3.8, 4) is 0 Å². The number of amides is 1. The smallest absolute Gasteiger partial charge is 0.411 e. The van der Waals surface area contributed by atoms with Gasteiger partial charge in [0.05, 0.1) is 5.69 Å². The lowest BCUT2D eigenvalue weighted by Gasteiger charge is -2.16. The molecule has 1 aromatic rings. The van der Waals surface area contributed by atoms with E-state index in [9.17, 15) is 4.79 Å². The summed E-state index contributed by atoms with van der Waals surface area (Å²) in [5.74, 6) is 0. The number of carbonyl (C=O) groups is 1. The minimum atomic E-state index is -0.954. The van der Waals surface area contributed by atoms with E-state index in [0.29, 0.717) is 5.69 Å². The molecule has 3 heteroatoms. The quantitative estimate of drug-likeness (QED) is 0.805. The zero-order valence-electron chi connectivity index (χ0n) is 9.19. The van der Waals surface area contributed by atoms with E-state index in [2.05, 4.69) is 0 Å². The minimum Gasteiger partial charge on any atom is -0.465 e. The van der Waals surface area contributed by atoms with Crippen molar-refractivity contribution >= 4 is 17.9 Å². The van der Waals surface area contributed by atoms with E-state index in [-0.39, 0.29) is 0 Å². The molecule has 0 atom stereocenters. The molecule has 0 heterocycles. The Labute approximate surface area is 89.6 Å². The number of benzene rings is 1. The highest BCUT2D eigenvalue weighted by atomic mass is 16.4. The van der Waals surface area contributed by atoms with Gasteiger partial charge in [-0.2, -0.15) is 0 Å². The third kappa shape index (κ3) is 2.59. The van der Waals surface area contributed by atoms with Crippen molar-refractivity contribution < 1.29 is 9.90 Å². The average Bonchev–Trinajstić information content (AvgIpc) is 2.17. The predicted molar refractivity (Wildman–Crippen MR) is 62.3 cm³/mol. The second kappa shape index (κ2) is 4.64. The molecule has 0 saturated heterocycles. The molecule has 0 fully saturated rings. The standard InChI is InChI=1S/C12H15NO2/c1-4-5-10-8-9(2)6-7-11(10)13(3)12(14)15/h4-8H,1-3H3,(H,14,15). The Balaban J connectivity index is 3.22. The summed E-state index contributed by atoms with van der Waals surface area (Å²) in [7, 11) is 1.54. The maximum Gasteiger partial charge on any atom is 0.411 e. The van der Waals surface area contributed by atoms with E-state index in [1.807, 2.05) is 44.2 Å². The highest BCUT2D eigenvalue weighted by Crippen LogP contribution is 2.22. The van der Waals surface area contributed by atoms with Crippen LogP contribution in [0.3, 0.4) is 0 Å². The SMILES string of the molecule is CC=Cc1cc(C)ccc1N(C)C(=O)O. The highest BCUT2D eigenvalue weighted by Gasteiger charge is 2.11. The van der Waals surface area contributed by atoms with Gasteiger partial charge in [-0.15, -0.1) is 0 Å². The number of anilines is 1. The van der Waals surface area contributed by atoms with Crippen molar-refractivity contribution in [2.24, 2.45) is 0 Å². The van der Waals surface area contributed by atoms with E-state index in [1.165, 1.54) is 4.90 Å². The summed E-state index contributed by atoms with van der Waals surface area (Å²) in [6, 6.07) is 5.69. The van der Waals surface area contributed by atoms with E-state index < -0.39 is 6.09 Å². The molecule has 0 radical (unpaired) electrons. The fourth-order valence-corrected chi connectivity index (χ4v) is 1.40. The molecule has 1 aromatic carbocycles. The number of allylic oxidation sites excluding steroid dienone is 1. The Hall–Kier alpha value is -1.77. The van der Waals surface area contributed by atoms with Gasteiger partial charge >= 0.3 is 6.09 Å². The van der Waals surface area contributed by atoms with Gasteiger partial charge in [-0.3, -0.25) is 4.90 Å². The maximum atomic E-state index is 10.8. The van der Waals surface area contributed by atoms with Gasteiger partial charge in [0.1, 0.15) is 0 Å². The van der Waals surface area contributed by atoms with Crippen LogP contribution in [-0.4, -0.2) is 18.2 Å². The van der Waals surface area contributed by atoms with Crippen molar-refractivity contribution in [2.45, 2.75) is 13.8 Å². The number of nitrogens with zero attached hydrogens (tertiary/aromatic N) is 1. The van der Waals surface area contributed by atoms with Gasteiger partial charge < -0.3 is 5.11 Å². The molecule has 1 rings (SSSR count). The molecule has 0 aliphatic heterocycles. The summed E-state index contributed by atoms with van der Waals surface area (Å²) >= 11 is 0. The van der Waals surface area contributed by atoms with E-state index in [0.717, 1.165) is 11.1 Å². The van der Waals surface area contributed by atoms with Crippen LogP contribution < -0.4 is 4.90 Å². The number of hydrogen-bond donors (Lipinski definition) is 1. The molecular formula is C12H15NO2. The largest absolute Gasteiger partial charge is 0.465 e. The topological polar surface area (TPSA) is 40.5 Å². The monoisotopic (exact) mass is 205 g/mol. The first-order chi connectivity index (χ1) is 7.06. The molecule has 0 aromatic heterocycles. The Morgan fingerprint density at radius 3 is 2.67 bits per heavy atom. The lowest BCUT2D eigenvalue weighted by Crippen LogP contribution is -2.24. The van der Waals surface area contributed by atoms with Gasteiger partial charge in [0, 0.05) is 7.05 Å².